The summed E-state index contributed by atoms with van der Waals surface area (Å²) in [5.41, 5.74) is 0.778. The first kappa shape index (κ1) is 15.4. The molecule has 5 heteroatoms. The van der Waals surface area contributed by atoms with Gasteiger partial charge in [0.25, 0.3) is 0 Å². The first-order chi connectivity index (χ1) is 11.2. The van der Waals surface area contributed by atoms with Gasteiger partial charge < -0.3 is 20.1 Å². The van der Waals surface area contributed by atoms with Crippen LogP contribution in [0.1, 0.15) is 6.42 Å². The fourth-order valence-electron chi connectivity index (χ4n) is 2.53. The van der Waals surface area contributed by atoms with Gasteiger partial charge in [0.1, 0.15) is 17.2 Å². The van der Waals surface area contributed by atoms with Crippen LogP contribution >= 0.6 is 0 Å². The predicted molar refractivity (Wildman–Crippen MR) is 89.1 cm³/mol. The topological polar surface area (TPSA) is 59.6 Å². The Morgan fingerprint density at radius 2 is 1.91 bits per heavy atom. The van der Waals surface area contributed by atoms with Crippen molar-refractivity contribution in [2.45, 2.75) is 6.42 Å². The highest BCUT2D eigenvalue weighted by atomic mass is 16.5. The maximum atomic E-state index is 12.1. The standard InChI is InChI=1S/C18H20N2O3/c1-22-16-3-2-4-17(11-16)23-15-7-5-14(6-8-15)20-18(21)13-9-10-19-12-13/h2-8,11,13,19H,9-10,12H2,1H3,(H,20,21). The van der Waals surface area contributed by atoms with E-state index in [1.807, 2.05) is 48.5 Å². The first-order valence-electron chi connectivity index (χ1n) is 7.68. The molecule has 23 heavy (non-hydrogen) atoms. The monoisotopic (exact) mass is 312 g/mol. The van der Waals surface area contributed by atoms with Gasteiger partial charge in [-0.15, -0.1) is 0 Å². The predicted octanol–water partition coefficient (Wildman–Crippen LogP) is 3.04. The molecule has 2 aromatic rings. The number of carbonyl (C=O) groups is 1. The number of ether oxygens (including phenoxy) is 2. The number of rotatable bonds is 5. The number of hydrogen-bond donors (Lipinski definition) is 2. The fraction of sp³-hybridized carbons (Fsp3) is 0.278. The SMILES string of the molecule is COc1cccc(Oc2ccc(NC(=O)C3CCNC3)cc2)c1. The van der Waals surface area contributed by atoms with Crippen molar-refractivity contribution in [3.05, 3.63) is 48.5 Å². The molecule has 5 nitrogen and oxygen atoms in total. The van der Waals surface area contributed by atoms with Crippen molar-refractivity contribution in [2.24, 2.45) is 5.92 Å². The number of hydrogen-bond acceptors (Lipinski definition) is 4. The lowest BCUT2D eigenvalue weighted by Gasteiger charge is -2.11. The summed E-state index contributed by atoms with van der Waals surface area (Å²) in [7, 11) is 1.62. The molecule has 0 bridgehead atoms. The van der Waals surface area contributed by atoms with E-state index in [2.05, 4.69) is 10.6 Å². The third-order valence-electron chi connectivity index (χ3n) is 3.83. The molecule has 0 saturated carbocycles. The fourth-order valence-corrected chi connectivity index (χ4v) is 2.53. The minimum Gasteiger partial charge on any atom is -0.497 e. The Labute approximate surface area is 135 Å². The average Bonchev–Trinajstić information content (AvgIpc) is 3.11. The lowest BCUT2D eigenvalue weighted by Crippen LogP contribution is -2.24. The van der Waals surface area contributed by atoms with Crippen LogP contribution in [0.25, 0.3) is 0 Å². The van der Waals surface area contributed by atoms with E-state index >= 15 is 0 Å². The second-order valence-corrected chi connectivity index (χ2v) is 5.48. The Balaban J connectivity index is 1.61. The van der Waals surface area contributed by atoms with Crippen molar-refractivity contribution >= 4 is 11.6 Å². The number of nitrogens with one attached hydrogen (secondary N) is 2. The Kier molecular flexibility index (Phi) is 4.78. The number of methoxy groups -OCH3 is 1. The number of benzene rings is 2. The van der Waals surface area contributed by atoms with E-state index in [-0.39, 0.29) is 11.8 Å². The summed E-state index contributed by atoms with van der Waals surface area (Å²) in [6.45, 7) is 1.66. The van der Waals surface area contributed by atoms with Crippen molar-refractivity contribution in [3.63, 3.8) is 0 Å². The van der Waals surface area contributed by atoms with Gasteiger partial charge in [0.05, 0.1) is 13.0 Å². The third-order valence-corrected chi connectivity index (χ3v) is 3.83. The van der Waals surface area contributed by atoms with Crippen LogP contribution in [-0.2, 0) is 4.79 Å². The molecule has 1 atom stereocenters. The molecule has 2 N–H and O–H groups in total. The molecule has 1 fully saturated rings. The molecule has 120 valence electrons. The molecule has 1 amide bonds. The van der Waals surface area contributed by atoms with Gasteiger partial charge in [0, 0.05) is 18.3 Å². The van der Waals surface area contributed by atoms with Crippen LogP contribution in [0.3, 0.4) is 0 Å². The lowest BCUT2D eigenvalue weighted by atomic mass is 10.1. The molecule has 1 saturated heterocycles. The van der Waals surface area contributed by atoms with E-state index in [9.17, 15) is 4.79 Å². The van der Waals surface area contributed by atoms with E-state index in [0.29, 0.717) is 11.5 Å². The summed E-state index contributed by atoms with van der Waals surface area (Å²) < 4.78 is 10.9. The molecule has 0 radical (unpaired) electrons. The van der Waals surface area contributed by atoms with Crippen LogP contribution in [0, 0.1) is 5.92 Å². The minimum absolute atomic E-state index is 0.0581. The van der Waals surface area contributed by atoms with Gasteiger partial charge in [0.2, 0.25) is 5.91 Å². The van der Waals surface area contributed by atoms with Crippen molar-refractivity contribution in [1.82, 2.24) is 5.32 Å². The van der Waals surface area contributed by atoms with Gasteiger partial charge in [-0.2, -0.15) is 0 Å². The van der Waals surface area contributed by atoms with Crippen molar-refractivity contribution in [3.8, 4) is 17.2 Å². The Morgan fingerprint density at radius 1 is 1.13 bits per heavy atom. The van der Waals surface area contributed by atoms with E-state index in [4.69, 9.17) is 9.47 Å². The smallest absolute Gasteiger partial charge is 0.228 e. The molecule has 0 aliphatic carbocycles. The molecule has 1 aliphatic heterocycles. The maximum Gasteiger partial charge on any atom is 0.228 e. The van der Waals surface area contributed by atoms with Gasteiger partial charge in [-0.1, -0.05) is 6.07 Å². The van der Waals surface area contributed by atoms with Crippen molar-refractivity contribution in [1.29, 1.82) is 0 Å². The highest BCUT2D eigenvalue weighted by Gasteiger charge is 2.22. The van der Waals surface area contributed by atoms with Gasteiger partial charge in [0.15, 0.2) is 0 Å². The zero-order valence-electron chi connectivity index (χ0n) is 13.0. The molecule has 1 aliphatic rings. The largest absolute Gasteiger partial charge is 0.497 e. The third kappa shape index (κ3) is 4.02. The molecule has 0 aromatic heterocycles. The average molecular weight is 312 g/mol. The van der Waals surface area contributed by atoms with E-state index in [0.717, 1.165) is 30.9 Å². The molecular weight excluding hydrogens is 292 g/mol. The normalized spacial score (nSPS) is 16.8. The van der Waals surface area contributed by atoms with Crippen molar-refractivity contribution < 1.29 is 14.3 Å². The zero-order valence-corrected chi connectivity index (χ0v) is 13.0. The second-order valence-electron chi connectivity index (χ2n) is 5.48. The Hall–Kier alpha value is -2.53. The number of carbonyl (C=O) groups excluding carboxylic acids is 1. The number of anilines is 1. The first-order valence-corrected chi connectivity index (χ1v) is 7.68. The quantitative estimate of drug-likeness (QED) is 0.891. The van der Waals surface area contributed by atoms with Gasteiger partial charge in [-0.05, 0) is 49.4 Å². The van der Waals surface area contributed by atoms with Crippen molar-refractivity contribution in [2.75, 3.05) is 25.5 Å². The van der Waals surface area contributed by atoms with Crippen LogP contribution in [0.4, 0.5) is 5.69 Å². The molecular formula is C18H20N2O3. The highest BCUT2D eigenvalue weighted by Crippen LogP contribution is 2.26. The molecule has 0 spiro atoms. The van der Waals surface area contributed by atoms with Gasteiger partial charge in [-0.25, -0.2) is 0 Å². The lowest BCUT2D eigenvalue weighted by molar-refractivity contribution is -0.119. The molecule has 1 unspecified atom stereocenters. The summed E-state index contributed by atoms with van der Waals surface area (Å²) in [6.07, 6.45) is 0.892. The van der Waals surface area contributed by atoms with Gasteiger partial charge >= 0.3 is 0 Å². The van der Waals surface area contributed by atoms with Crippen LogP contribution in [0.5, 0.6) is 17.2 Å². The van der Waals surface area contributed by atoms with Crippen LogP contribution in [-0.4, -0.2) is 26.1 Å². The molecule has 3 rings (SSSR count). The van der Waals surface area contributed by atoms with Gasteiger partial charge in [-0.3, -0.25) is 4.79 Å². The summed E-state index contributed by atoms with van der Waals surface area (Å²) in [4.78, 5) is 12.1. The minimum atomic E-state index is 0.0581. The zero-order chi connectivity index (χ0) is 16.1. The van der Waals surface area contributed by atoms with Crippen LogP contribution < -0.4 is 20.1 Å². The molecule has 1 heterocycles. The Bertz CT molecular complexity index is 664. The number of amides is 1. The Morgan fingerprint density at radius 3 is 2.61 bits per heavy atom. The van der Waals surface area contributed by atoms with E-state index in [1.54, 1.807) is 7.11 Å². The van der Waals surface area contributed by atoms with Crippen LogP contribution in [0.2, 0.25) is 0 Å². The summed E-state index contributed by atoms with van der Waals surface area (Å²) in [5, 5.41) is 6.13. The van der Waals surface area contributed by atoms with E-state index in [1.165, 1.54) is 0 Å². The van der Waals surface area contributed by atoms with E-state index < -0.39 is 0 Å². The van der Waals surface area contributed by atoms with Crippen LogP contribution in [0.15, 0.2) is 48.5 Å². The summed E-state index contributed by atoms with van der Waals surface area (Å²) >= 11 is 0. The summed E-state index contributed by atoms with van der Waals surface area (Å²) in [5.74, 6) is 2.28. The summed E-state index contributed by atoms with van der Waals surface area (Å²) in [6, 6.07) is 14.8. The highest BCUT2D eigenvalue weighted by molar-refractivity contribution is 5.92. The molecule has 2 aromatic carbocycles. The second kappa shape index (κ2) is 7.15. The maximum absolute atomic E-state index is 12.1.